The second kappa shape index (κ2) is 5.60. The number of hydrogen-bond acceptors (Lipinski definition) is 4. The summed E-state index contributed by atoms with van der Waals surface area (Å²) in [5.41, 5.74) is 8.81. The van der Waals surface area contributed by atoms with Crippen molar-refractivity contribution in [2.75, 3.05) is 19.6 Å². The largest absolute Gasteiger partial charge is 0.383 e. The highest BCUT2D eigenvalue weighted by atomic mass is 19.3. The molecular weight excluding hydrogens is 274 g/mol. The van der Waals surface area contributed by atoms with E-state index in [1.807, 2.05) is 13.0 Å². The van der Waals surface area contributed by atoms with Gasteiger partial charge < -0.3 is 16.4 Å². The van der Waals surface area contributed by atoms with Gasteiger partial charge >= 0.3 is 0 Å². The third-order valence-corrected chi connectivity index (χ3v) is 4.12. The molecule has 0 aromatic heterocycles. The number of aliphatic imine (C=N–C) groups is 1. The number of rotatable bonds is 5. The summed E-state index contributed by atoms with van der Waals surface area (Å²) >= 11 is 0. The smallest absolute Gasteiger partial charge is 0.277 e. The van der Waals surface area contributed by atoms with Gasteiger partial charge in [0.1, 0.15) is 0 Å². The lowest BCUT2D eigenvalue weighted by Gasteiger charge is -2.32. The average Bonchev–Trinajstić information content (AvgIpc) is 2.90. The standard InChI is InChI=1S/C15H20F2N4/c1-8(5-18)21-12-3-9(2-11-7-20-14(11)12)10-4-13(15(16)17)19-6-10/h2-4,8,10-11,15,19,21H,5-7,18H2,1H3. The Kier molecular flexibility index (Phi) is 3.80. The van der Waals surface area contributed by atoms with Gasteiger partial charge in [0.2, 0.25) is 0 Å². The minimum absolute atomic E-state index is 0.00105. The Bertz CT molecular complexity index is 548. The number of allylic oxidation sites excluding steroid dienone is 3. The molecule has 0 aromatic carbocycles. The van der Waals surface area contributed by atoms with Gasteiger partial charge in [-0.2, -0.15) is 0 Å². The fourth-order valence-corrected chi connectivity index (χ4v) is 2.82. The SMILES string of the molecule is CC(CN)NC1=CC(C2C=C(C(F)F)NC2)=CC2CN=C12. The van der Waals surface area contributed by atoms with Gasteiger partial charge in [-0.25, -0.2) is 8.78 Å². The first-order chi connectivity index (χ1) is 10.1. The predicted octanol–water partition coefficient (Wildman–Crippen LogP) is 1.19. The van der Waals surface area contributed by atoms with Crippen molar-refractivity contribution >= 4 is 5.71 Å². The van der Waals surface area contributed by atoms with E-state index in [1.54, 1.807) is 6.08 Å². The van der Waals surface area contributed by atoms with Crippen LogP contribution in [-0.4, -0.2) is 37.8 Å². The molecular formula is C15H20F2N4. The zero-order chi connectivity index (χ0) is 15.0. The van der Waals surface area contributed by atoms with Crippen LogP contribution in [0.4, 0.5) is 8.78 Å². The minimum Gasteiger partial charge on any atom is -0.383 e. The second-order valence-electron chi connectivity index (χ2n) is 5.75. The summed E-state index contributed by atoms with van der Waals surface area (Å²) in [5.74, 6) is 0.308. The number of nitrogens with two attached hydrogens (primary N) is 1. The fourth-order valence-electron chi connectivity index (χ4n) is 2.82. The van der Waals surface area contributed by atoms with Gasteiger partial charge in [-0.1, -0.05) is 12.2 Å². The van der Waals surface area contributed by atoms with Crippen LogP contribution in [0.25, 0.3) is 0 Å². The van der Waals surface area contributed by atoms with Gasteiger partial charge in [0.05, 0.1) is 23.7 Å². The van der Waals surface area contributed by atoms with Crippen molar-refractivity contribution in [3.05, 3.63) is 35.2 Å². The molecule has 0 saturated carbocycles. The average molecular weight is 294 g/mol. The first-order valence-corrected chi connectivity index (χ1v) is 7.27. The van der Waals surface area contributed by atoms with Crippen LogP contribution in [0, 0.1) is 11.8 Å². The van der Waals surface area contributed by atoms with Gasteiger partial charge in [-0.05, 0) is 18.6 Å². The number of fused-ring (bicyclic) bond motifs is 1. The third kappa shape index (κ3) is 2.72. The number of hydrogen-bond donors (Lipinski definition) is 3. The highest BCUT2D eigenvalue weighted by Crippen LogP contribution is 2.32. The van der Waals surface area contributed by atoms with Gasteiger partial charge in [0.15, 0.2) is 0 Å². The molecule has 21 heavy (non-hydrogen) atoms. The van der Waals surface area contributed by atoms with Crippen molar-refractivity contribution in [1.82, 2.24) is 10.6 Å². The Balaban J connectivity index is 1.80. The summed E-state index contributed by atoms with van der Waals surface area (Å²) in [6.07, 6.45) is 3.38. The quantitative estimate of drug-likeness (QED) is 0.713. The summed E-state index contributed by atoms with van der Waals surface area (Å²) in [6, 6.07) is 0.161. The molecule has 3 rings (SSSR count). The highest BCUT2D eigenvalue weighted by molar-refractivity contribution is 6.07. The fraction of sp³-hybridized carbons (Fsp3) is 0.533. The number of nitrogens with zero attached hydrogens (tertiary/aromatic N) is 1. The van der Waals surface area contributed by atoms with E-state index in [0.29, 0.717) is 19.0 Å². The lowest BCUT2D eigenvalue weighted by Crippen LogP contribution is -2.42. The molecule has 0 radical (unpaired) electrons. The van der Waals surface area contributed by atoms with Gasteiger partial charge in [0, 0.05) is 31.0 Å². The predicted molar refractivity (Wildman–Crippen MR) is 79.2 cm³/mol. The molecule has 4 nitrogen and oxygen atoms in total. The van der Waals surface area contributed by atoms with Crippen LogP contribution in [0.1, 0.15) is 6.92 Å². The molecule has 3 atom stereocenters. The van der Waals surface area contributed by atoms with Gasteiger partial charge in [0.25, 0.3) is 6.43 Å². The van der Waals surface area contributed by atoms with E-state index in [0.717, 1.165) is 23.5 Å². The molecule has 2 aliphatic heterocycles. The van der Waals surface area contributed by atoms with Crippen molar-refractivity contribution < 1.29 is 8.78 Å². The summed E-state index contributed by atoms with van der Waals surface area (Å²) in [7, 11) is 0. The van der Waals surface area contributed by atoms with Crippen LogP contribution in [-0.2, 0) is 0 Å². The summed E-state index contributed by atoms with van der Waals surface area (Å²) < 4.78 is 25.4. The van der Waals surface area contributed by atoms with Gasteiger partial charge in [-0.3, -0.25) is 4.99 Å². The molecule has 1 aliphatic carbocycles. The van der Waals surface area contributed by atoms with Crippen molar-refractivity contribution in [2.45, 2.75) is 19.4 Å². The molecule has 3 aliphatic rings. The molecule has 0 spiro atoms. The van der Waals surface area contributed by atoms with E-state index in [1.165, 1.54) is 0 Å². The highest BCUT2D eigenvalue weighted by Gasteiger charge is 2.32. The summed E-state index contributed by atoms with van der Waals surface area (Å²) in [4.78, 5) is 4.41. The van der Waals surface area contributed by atoms with E-state index >= 15 is 0 Å². The Morgan fingerprint density at radius 3 is 2.81 bits per heavy atom. The molecule has 4 N–H and O–H groups in total. The van der Waals surface area contributed by atoms with Crippen molar-refractivity contribution in [3.8, 4) is 0 Å². The zero-order valence-corrected chi connectivity index (χ0v) is 11.9. The Labute approximate surface area is 122 Å². The maximum atomic E-state index is 12.7. The lowest BCUT2D eigenvalue weighted by molar-refractivity contribution is 0.182. The van der Waals surface area contributed by atoms with Crippen molar-refractivity contribution in [3.63, 3.8) is 0 Å². The first kappa shape index (κ1) is 14.3. The Hall–Kier alpha value is -1.69. The van der Waals surface area contributed by atoms with E-state index in [-0.39, 0.29) is 17.7 Å². The Morgan fingerprint density at radius 1 is 1.43 bits per heavy atom. The van der Waals surface area contributed by atoms with Gasteiger partial charge in [-0.15, -0.1) is 0 Å². The monoisotopic (exact) mass is 294 g/mol. The zero-order valence-electron chi connectivity index (χ0n) is 11.9. The molecule has 0 fully saturated rings. The van der Waals surface area contributed by atoms with Crippen LogP contribution in [0.5, 0.6) is 0 Å². The van der Waals surface area contributed by atoms with Crippen LogP contribution >= 0.6 is 0 Å². The molecule has 114 valence electrons. The molecule has 0 aromatic rings. The van der Waals surface area contributed by atoms with Crippen molar-refractivity contribution in [1.29, 1.82) is 0 Å². The summed E-state index contributed by atoms with van der Waals surface area (Å²) in [6.45, 7) is 3.86. The topological polar surface area (TPSA) is 62.4 Å². The first-order valence-electron chi connectivity index (χ1n) is 7.27. The number of alkyl halides is 2. The second-order valence-corrected chi connectivity index (χ2v) is 5.75. The normalized spacial score (nSPS) is 28.6. The van der Waals surface area contributed by atoms with E-state index in [9.17, 15) is 8.78 Å². The van der Waals surface area contributed by atoms with Crippen LogP contribution in [0.3, 0.4) is 0 Å². The van der Waals surface area contributed by atoms with E-state index in [4.69, 9.17) is 5.73 Å². The van der Waals surface area contributed by atoms with Crippen LogP contribution in [0.2, 0.25) is 0 Å². The van der Waals surface area contributed by atoms with E-state index in [2.05, 4.69) is 21.7 Å². The third-order valence-electron chi connectivity index (χ3n) is 4.12. The minimum atomic E-state index is -2.43. The summed E-state index contributed by atoms with van der Waals surface area (Å²) in [5, 5.41) is 6.15. The molecule has 0 saturated heterocycles. The van der Waals surface area contributed by atoms with Crippen LogP contribution < -0.4 is 16.4 Å². The molecule has 6 heteroatoms. The molecule has 0 bridgehead atoms. The molecule has 2 heterocycles. The molecule has 3 unspecified atom stereocenters. The van der Waals surface area contributed by atoms with Crippen LogP contribution in [0.15, 0.2) is 40.2 Å². The number of nitrogens with one attached hydrogen (secondary N) is 2. The Morgan fingerprint density at radius 2 is 2.24 bits per heavy atom. The lowest BCUT2D eigenvalue weighted by atomic mass is 9.83. The van der Waals surface area contributed by atoms with Crippen molar-refractivity contribution in [2.24, 2.45) is 22.6 Å². The number of halogens is 2. The van der Waals surface area contributed by atoms with E-state index < -0.39 is 6.43 Å². The maximum absolute atomic E-state index is 12.7. The molecule has 0 amide bonds. The maximum Gasteiger partial charge on any atom is 0.277 e.